The molecule has 2 amide bonds. The molecule has 1 saturated heterocycles. The van der Waals surface area contributed by atoms with E-state index in [0.717, 1.165) is 32.4 Å². The van der Waals surface area contributed by atoms with Crippen molar-refractivity contribution in [2.75, 3.05) is 26.7 Å². The summed E-state index contributed by atoms with van der Waals surface area (Å²) in [5.74, 6) is 0. The van der Waals surface area contributed by atoms with Gasteiger partial charge in [-0.25, -0.2) is 4.79 Å². The maximum Gasteiger partial charge on any atom is 0.315 e. The highest BCUT2D eigenvalue weighted by atomic mass is 32.1. The van der Waals surface area contributed by atoms with Gasteiger partial charge in [0.25, 0.3) is 0 Å². The van der Waals surface area contributed by atoms with Crippen LogP contribution in [0.15, 0.2) is 17.5 Å². The van der Waals surface area contributed by atoms with Gasteiger partial charge in [0.05, 0.1) is 0 Å². The minimum absolute atomic E-state index is 0.0268. The number of urea groups is 1. The van der Waals surface area contributed by atoms with Crippen molar-refractivity contribution in [2.45, 2.75) is 25.3 Å². The lowest BCUT2D eigenvalue weighted by Crippen LogP contribution is -2.47. The fourth-order valence-corrected chi connectivity index (χ4v) is 2.85. The van der Waals surface area contributed by atoms with Gasteiger partial charge in [-0.3, -0.25) is 0 Å². The van der Waals surface area contributed by atoms with Gasteiger partial charge in [-0.05, 0) is 50.8 Å². The Hall–Kier alpha value is -1.07. The molecule has 0 aliphatic carbocycles. The molecule has 18 heavy (non-hydrogen) atoms. The summed E-state index contributed by atoms with van der Waals surface area (Å²) < 4.78 is 0. The molecule has 1 fully saturated rings. The lowest BCUT2D eigenvalue weighted by atomic mass is 10.1. The molecule has 4 nitrogen and oxygen atoms in total. The van der Waals surface area contributed by atoms with Gasteiger partial charge in [0.2, 0.25) is 0 Å². The molecule has 1 aliphatic heterocycles. The quantitative estimate of drug-likeness (QED) is 0.872. The zero-order valence-electron chi connectivity index (χ0n) is 10.8. The topological polar surface area (TPSA) is 44.4 Å². The summed E-state index contributed by atoms with van der Waals surface area (Å²) in [5.41, 5.74) is 0. The average molecular weight is 267 g/mol. The number of hydrogen-bond acceptors (Lipinski definition) is 3. The van der Waals surface area contributed by atoms with Crippen molar-refractivity contribution in [1.82, 2.24) is 15.5 Å². The second-order valence-electron chi connectivity index (χ2n) is 4.81. The maximum atomic E-state index is 11.7. The Labute approximate surface area is 112 Å². The predicted octanol–water partition coefficient (Wildman–Crippen LogP) is 1.68. The molecular formula is C13H21N3OS. The molecule has 1 aromatic rings. The summed E-state index contributed by atoms with van der Waals surface area (Å²) in [7, 11) is 2.12. The Bertz CT molecular complexity index is 358. The van der Waals surface area contributed by atoms with E-state index in [2.05, 4.69) is 34.0 Å². The molecule has 0 saturated carbocycles. The van der Waals surface area contributed by atoms with E-state index in [1.54, 1.807) is 11.3 Å². The van der Waals surface area contributed by atoms with Crippen LogP contribution in [0.1, 0.15) is 17.7 Å². The number of carbonyl (C=O) groups excluding carboxylic acids is 1. The van der Waals surface area contributed by atoms with Crippen LogP contribution in [0.25, 0.3) is 0 Å². The Morgan fingerprint density at radius 2 is 2.28 bits per heavy atom. The first-order chi connectivity index (χ1) is 8.74. The molecule has 2 rings (SSSR count). The van der Waals surface area contributed by atoms with Crippen LogP contribution in [-0.4, -0.2) is 43.7 Å². The first-order valence-corrected chi connectivity index (χ1v) is 7.37. The summed E-state index contributed by atoms with van der Waals surface area (Å²) in [6.45, 7) is 2.85. The van der Waals surface area contributed by atoms with Gasteiger partial charge in [-0.2, -0.15) is 0 Å². The van der Waals surface area contributed by atoms with E-state index >= 15 is 0 Å². The third kappa shape index (κ3) is 4.31. The van der Waals surface area contributed by atoms with Crippen LogP contribution in [0.3, 0.4) is 0 Å². The van der Waals surface area contributed by atoms with Crippen molar-refractivity contribution < 1.29 is 4.79 Å². The van der Waals surface area contributed by atoms with E-state index in [4.69, 9.17) is 0 Å². The van der Waals surface area contributed by atoms with Gasteiger partial charge in [0.15, 0.2) is 0 Å². The van der Waals surface area contributed by atoms with Crippen LogP contribution in [0, 0.1) is 0 Å². The molecule has 2 N–H and O–H groups in total. The van der Waals surface area contributed by atoms with Crippen molar-refractivity contribution in [3.63, 3.8) is 0 Å². The van der Waals surface area contributed by atoms with Crippen molar-refractivity contribution >= 4 is 17.4 Å². The van der Waals surface area contributed by atoms with E-state index in [9.17, 15) is 4.79 Å². The lowest BCUT2D eigenvalue weighted by molar-refractivity contribution is 0.214. The van der Waals surface area contributed by atoms with Crippen molar-refractivity contribution in [3.8, 4) is 0 Å². The molecular weight excluding hydrogens is 246 g/mol. The third-order valence-electron chi connectivity index (χ3n) is 3.29. The van der Waals surface area contributed by atoms with Crippen LogP contribution < -0.4 is 10.6 Å². The highest BCUT2D eigenvalue weighted by Gasteiger charge is 2.17. The number of piperidine rings is 1. The number of amides is 2. The average Bonchev–Trinajstić information content (AvgIpc) is 2.85. The monoisotopic (exact) mass is 267 g/mol. The Morgan fingerprint density at radius 3 is 2.94 bits per heavy atom. The van der Waals surface area contributed by atoms with Crippen LogP contribution >= 0.6 is 11.3 Å². The van der Waals surface area contributed by atoms with E-state index in [0.29, 0.717) is 12.6 Å². The maximum absolute atomic E-state index is 11.7. The van der Waals surface area contributed by atoms with E-state index in [-0.39, 0.29) is 6.03 Å². The summed E-state index contributed by atoms with van der Waals surface area (Å²) in [4.78, 5) is 15.3. The number of carbonyl (C=O) groups is 1. The predicted molar refractivity (Wildman–Crippen MR) is 75.1 cm³/mol. The second-order valence-corrected chi connectivity index (χ2v) is 5.84. The summed E-state index contributed by atoms with van der Waals surface area (Å²) >= 11 is 1.73. The molecule has 0 spiro atoms. The van der Waals surface area contributed by atoms with Gasteiger partial charge >= 0.3 is 6.03 Å². The molecule has 0 bridgehead atoms. The normalized spacial score (nSPS) is 17.6. The lowest BCUT2D eigenvalue weighted by Gasteiger charge is -2.29. The fourth-order valence-electron chi connectivity index (χ4n) is 2.14. The molecule has 0 aromatic carbocycles. The number of rotatable bonds is 4. The van der Waals surface area contributed by atoms with Crippen molar-refractivity contribution in [2.24, 2.45) is 0 Å². The van der Waals surface area contributed by atoms with Crippen molar-refractivity contribution in [3.05, 3.63) is 22.4 Å². The molecule has 5 heteroatoms. The largest absolute Gasteiger partial charge is 0.338 e. The molecule has 0 unspecified atom stereocenters. The molecule has 0 radical (unpaired) electrons. The SMILES string of the molecule is CN1CCC(NC(=O)NCCc2cccs2)CC1. The van der Waals surface area contributed by atoms with Crippen LogP contribution in [0.5, 0.6) is 0 Å². The Morgan fingerprint density at radius 1 is 1.50 bits per heavy atom. The summed E-state index contributed by atoms with van der Waals surface area (Å²) in [6, 6.07) is 4.45. The van der Waals surface area contributed by atoms with Crippen LogP contribution in [-0.2, 0) is 6.42 Å². The van der Waals surface area contributed by atoms with E-state index < -0.39 is 0 Å². The van der Waals surface area contributed by atoms with Crippen LogP contribution in [0.2, 0.25) is 0 Å². The molecule has 2 heterocycles. The third-order valence-corrected chi connectivity index (χ3v) is 4.23. The molecule has 1 aliphatic rings. The number of hydrogen-bond donors (Lipinski definition) is 2. The highest BCUT2D eigenvalue weighted by molar-refractivity contribution is 7.09. The number of nitrogens with one attached hydrogen (secondary N) is 2. The van der Waals surface area contributed by atoms with Gasteiger partial charge < -0.3 is 15.5 Å². The smallest absolute Gasteiger partial charge is 0.315 e. The van der Waals surface area contributed by atoms with Gasteiger partial charge in [-0.1, -0.05) is 6.07 Å². The van der Waals surface area contributed by atoms with Gasteiger partial charge in [-0.15, -0.1) is 11.3 Å². The Balaban J connectivity index is 1.60. The first kappa shape index (κ1) is 13.4. The van der Waals surface area contributed by atoms with E-state index in [1.807, 2.05) is 6.07 Å². The second kappa shape index (κ2) is 6.75. The van der Waals surface area contributed by atoms with Crippen LogP contribution in [0.4, 0.5) is 4.79 Å². The Kier molecular flexibility index (Phi) is 5.01. The highest BCUT2D eigenvalue weighted by Crippen LogP contribution is 2.09. The minimum Gasteiger partial charge on any atom is -0.338 e. The number of likely N-dealkylation sites (tertiary alicyclic amines) is 1. The first-order valence-electron chi connectivity index (χ1n) is 6.49. The fraction of sp³-hybridized carbons (Fsp3) is 0.615. The molecule has 0 atom stereocenters. The molecule has 1 aromatic heterocycles. The summed E-state index contributed by atoms with van der Waals surface area (Å²) in [5, 5.41) is 8.03. The van der Waals surface area contributed by atoms with E-state index in [1.165, 1.54) is 4.88 Å². The number of nitrogens with zero attached hydrogens (tertiary/aromatic N) is 1. The standard InChI is InChI=1S/C13H21N3OS/c1-16-8-5-11(6-9-16)15-13(17)14-7-4-12-3-2-10-18-12/h2-3,10-11H,4-9H2,1H3,(H2,14,15,17). The zero-order chi connectivity index (χ0) is 12.8. The summed E-state index contributed by atoms with van der Waals surface area (Å²) in [6.07, 6.45) is 3.02. The molecule has 100 valence electrons. The minimum atomic E-state index is -0.0268. The zero-order valence-corrected chi connectivity index (χ0v) is 11.6. The number of thiophene rings is 1. The van der Waals surface area contributed by atoms with Gasteiger partial charge in [0.1, 0.15) is 0 Å². The van der Waals surface area contributed by atoms with Crippen molar-refractivity contribution in [1.29, 1.82) is 0 Å². The van der Waals surface area contributed by atoms with Gasteiger partial charge in [0, 0.05) is 17.5 Å².